The number of methoxy groups -OCH3 is 1. The molecular formula is C17H23NO5. The molecule has 1 aromatic carbocycles. The molecule has 126 valence electrons. The Morgan fingerprint density at radius 3 is 2.48 bits per heavy atom. The number of amides is 1. The maximum Gasteiger partial charge on any atom is 0.341 e. The minimum Gasteiger partial charge on any atom is -0.482 e. The number of ether oxygens (including phenoxy) is 2. The lowest BCUT2D eigenvalue weighted by Gasteiger charge is -2.20. The smallest absolute Gasteiger partial charge is 0.341 e. The molecule has 1 amide bonds. The van der Waals surface area contributed by atoms with Gasteiger partial charge in [-0.25, -0.2) is 4.79 Å². The standard InChI is InChI=1S/C17H23NO5/c1-12(18-16(21)17(7-8-17)9-10-22-2)13-3-5-14(6-4-13)23-11-15(19)20/h3-6,12H,7-11H2,1-2H3,(H,18,21)(H,19,20). The van der Waals surface area contributed by atoms with E-state index in [-0.39, 0.29) is 24.0 Å². The summed E-state index contributed by atoms with van der Waals surface area (Å²) in [5, 5.41) is 11.6. The molecule has 1 aliphatic carbocycles. The summed E-state index contributed by atoms with van der Waals surface area (Å²) in [6.45, 7) is 2.16. The van der Waals surface area contributed by atoms with Gasteiger partial charge in [0.15, 0.2) is 6.61 Å². The zero-order chi connectivity index (χ0) is 16.9. The van der Waals surface area contributed by atoms with E-state index in [4.69, 9.17) is 14.6 Å². The van der Waals surface area contributed by atoms with E-state index < -0.39 is 5.97 Å². The number of hydrogen-bond donors (Lipinski definition) is 2. The first-order valence-corrected chi connectivity index (χ1v) is 7.71. The van der Waals surface area contributed by atoms with Crippen molar-refractivity contribution in [3.63, 3.8) is 0 Å². The van der Waals surface area contributed by atoms with Crippen LogP contribution in [0.3, 0.4) is 0 Å². The third-order valence-electron chi connectivity index (χ3n) is 4.21. The lowest BCUT2D eigenvalue weighted by molar-refractivity contribution is -0.139. The van der Waals surface area contributed by atoms with Crippen LogP contribution in [0.25, 0.3) is 0 Å². The van der Waals surface area contributed by atoms with E-state index in [1.165, 1.54) is 0 Å². The van der Waals surface area contributed by atoms with Crippen molar-refractivity contribution in [3.05, 3.63) is 29.8 Å². The molecule has 0 heterocycles. The predicted octanol–water partition coefficient (Wildman–Crippen LogP) is 2.14. The predicted molar refractivity (Wildman–Crippen MR) is 84.3 cm³/mol. The fourth-order valence-electron chi connectivity index (χ4n) is 2.47. The molecule has 0 spiro atoms. The molecule has 1 aromatic rings. The highest BCUT2D eigenvalue weighted by atomic mass is 16.5. The van der Waals surface area contributed by atoms with Gasteiger partial charge in [0.05, 0.1) is 11.5 Å². The highest BCUT2D eigenvalue weighted by Crippen LogP contribution is 2.49. The molecule has 0 radical (unpaired) electrons. The highest BCUT2D eigenvalue weighted by molar-refractivity contribution is 5.85. The summed E-state index contributed by atoms with van der Waals surface area (Å²) in [6, 6.07) is 6.96. The molecule has 0 bridgehead atoms. The van der Waals surface area contributed by atoms with Gasteiger partial charge in [-0.3, -0.25) is 4.79 Å². The van der Waals surface area contributed by atoms with Gasteiger partial charge in [-0.15, -0.1) is 0 Å². The normalized spacial score (nSPS) is 16.4. The second-order valence-electron chi connectivity index (χ2n) is 5.97. The van der Waals surface area contributed by atoms with Crippen LogP contribution in [0, 0.1) is 5.41 Å². The molecule has 23 heavy (non-hydrogen) atoms. The third kappa shape index (κ3) is 4.69. The lowest BCUT2D eigenvalue weighted by atomic mass is 10.0. The molecule has 1 aliphatic rings. The van der Waals surface area contributed by atoms with Crippen molar-refractivity contribution in [1.29, 1.82) is 0 Å². The summed E-state index contributed by atoms with van der Waals surface area (Å²) in [4.78, 5) is 22.9. The summed E-state index contributed by atoms with van der Waals surface area (Å²) in [5.74, 6) is -0.442. The molecule has 0 aliphatic heterocycles. The minimum absolute atomic E-state index is 0.0771. The second-order valence-corrected chi connectivity index (χ2v) is 5.97. The van der Waals surface area contributed by atoms with Gasteiger partial charge in [-0.05, 0) is 43.9 Å². The number of aliphatic carboxylic acids is 1. The van der Waals surface area contributed by atoms with Crippen LogP contribution in [0.4, 0.5) is 0 Å². The van der Waals surface area contributed by atoms with Crippen molar-refractivity contribution < 1.29 is 24.2 Å². The molecule has 2 rings (SSSR count). The van der Waals surface area contributed by atoms with Crippen LogP contribution in [0.2, 0.25) is 0 Å². The van der Waals surface area contributed by atoms with Gasteiger partial charge in [0.25, 0.3) is 0 Å². The lowest BCUT2D eigenvalue weighted by Crippen LogP contribution is -2.34. The average Bonchev–Trinajstić information content (AvgIpc) is 3.32. The Kier molecular flexibility index (Phi) is 5.60. The second kappa shape index (κ2) is 7.46. The summed E-state index contributed by atoms with van der Waals surface area (Å²) in [6.07, 6.45) is 2.58. The number of benzene rings is 1. The first-order valence-electron chi connectivity index (χ1n) is 7.71. The van der Waals surface area contributed by atoms with Gasteiger partial charge in [0, 0.05) is 13.7 Å². The number of rotatable bonds is 9. The SMILES string of the molecule is COCCC1(C(=O)NC(C)c2ccc(OCC(=O)O)cc2)CC1. The fourth-order valence-corrected chi connectivity index (χ4v) is 2.47. The van der Waals surface area contributed by atoms with Crippen molar-refractivity contribution in [3.8, 4) is 5.75 Å². The van der Waals surface area contributed by atoms with Gasteiger partial charge in [0.1, 0.15) is 5.75 Å². The average molecular weight is 321 g/mol. The summed E-state index contributed by atoms with van der Waals surface area (Å²) >= 11 is 0. The number of carbonyl (C=O) groups excluding carboxylic acids is 1. The van der Waals surface area contributed by atoms with Gasteiger partial charge in [0.2, 0.25) is 5.91 Å². The molecule has 2 N–H and O–H groups in total. The summed E-state index contributed by atoms with van der Waals surface area (Å²) < 4.78 is 10.2. The largest absolute Gasteiger partial charge is 0.482 e. The zero-order valence-electron chi connectivity index (χ0n) is 13.5. The van der Waals surface area contributed by atoms with Crippen LogP contribution in [-0.2, 0) is 14.3 Å². The number of carboxylic acid groups (broad SMARTS) is 1. The number of hydrogen-bond acceptors (Lipinski definition) is 4. The van der Waals surface area contributed by atoms with Crippen LogP contribution < -0.4 is 10.1 Å². The topological polar surface area (TPSA) is 84.9 Å². The fraction of sp³-hybridized carbons (Fsp3) is 0.529. The maximum atomic E-state index is 12.4. The van der Waals surface area contributed by atoms with E-state index >= 15 is 0 Å². The van der Waals surface area contributed by atoms with Crippen LogP contribution in [0.5, 0.6) is 5.75 Å². The molecular weight excluding hydrogens is 298 g/mol. The van der Waals surface area contributed by atoms with Crippen LogP contribution >= 0.6 is 0 Å². The van der Waals surface area contributed by atoms with Crippen molar-refractivity contribution in [2.45, 2.75) is 32.2 Å². The van der Waals surface area contributed by atoms with Gasteiger partial charge in [-0.2, -0.15) is 0 Å². The van der Waals surface area contributed by atoms with Gasteiger partial charge < -0.3 is 19.9 Å². The van der Waals surface area contributed by atoms with E-state index in [2.05, 4.69) is 5.32 Å². The molecule has 6 nitrogen and oxygen atoms in total. The molecule has 0 aromatic heterocycles. The molecule has 1 unspecified atom stereocenters. The van der Waals surface area contributed by atoms with Crippen molar-refractivity contribution in [1.82, 2.24) is 5.32 Å². The van der Waals surface area contributed by atoms with E-state index in [1.54, 1.807) is 19.2 Å². The first-order chi connectivity index (χ1) is 11.0. The quantitative estimate of drug-likeness (QED) is 0.728. The Balaban J connectivity index is 1.89. The molecule has 1 atom stereocenters. The van der Waals surface area contributed by atoms with Crippen LogP contribution in [-0.4, -0.2) is 37.3 Å². The van der Waals surface area contributed by atoms with E-state index in [0.717, 1.165) is 24.8 Å². The Hall–Kier alpha value is -2.08. The minimum atomic E-state index is -1.01. The van der Waals surface area contributed by atoms with Gasteiger partial charge in [-0.1, -0.05) is 12.1 Å². The summed E-state index contributed by atoms with van der Waals surface area (Å²) in [7, 11) is 1.64. The zero-order valence-corrected chi connectivity index (χ0v) is 13.5. The maximum absolute atomic E-state index is 12.4. The molecule has 6 heteroatoms. The Bertz CT molecular complexity index is 551. The Labute approximate surface area is 135 Å². The highest BCUT2D eigenvalue weighted by Gasteiger charge is 2.49. The number of carbonyl (C=O) groups is 2. The monoisotopic (exact) mass is 321 g/mol. The number of carboxylic acids is 1. The summed E-state index contributed by atoms with van der Waals surface area (Å²) in [5.41, 5.74) is 0.693. The molecule has 1 saturated carbocycles. The Morgan fingerprint density at radius 2 is 1.96 bits per heavy atom. The number of nitrogens with one attached hydrogen (secondary N) is 1. The van der Waals surface area contributed by atoms with E-state index in [9.17, 15) is 9.59 Å². The molecule has 1 fully saturated rings. The first kappa shape index (κ1) is 17.3. The Morgan fingerprint density at radius 1 is 1.30 bits per heavy atom. The van der Waals surface area contributed by atoms with Crippen molar-refractivity contribution >= 4 is 11.9 Å². The van der Waals surface area contributed by atoms with Crippen LogP contribution in [0.1, 0.15) is 37.8 Å². The van der Waals surface area contributed by atoms with Crippen LogP contribution in [0.15, 0.2) is 24.3 Å². The van der Waals surface area contributed by atoms with E-state index in [0.29, 0.717) is 12.4 Å². The van der Waals surface area contributed by atoms with Gasteiger partial charge >= 0.3 is 5.97 Å². The third-order valence-corrected chi connectivity index (χ3v) is 4.21. The molecule has 0 saturated heterocycles. The van der Waals surface area contributed by atoms with Crippen molar-refractivity contribution in [2.24, 2.45) is 5.41 Å². The van der Waals surface area contributed by atoms with Crippen molar-refractivity contribution in [2.75, 3.05) is 20.3 Å². The van der Waals surface area contributed by atoms with E-state index in [1.807, 2.05) is 19.1 Å².